The van der Waals surface area contributed by atoms with E-state index in [9.17, 15) is 8.42 Å². The molecule has 0 unspecified atom stereocenters. The largest absolute Gasteiger partial charge is 0.363 e. The van der Waals surface area contributed by atoms with Crippen LogP contribution in [0.3, 0.4) is 0 Å². The van der Waals surface area contributed by atoms with Gasteiger partial charge in [0.2, 0.25) is 0 Å². The van der Waals surface area contributed by atoms with Crippen molar-refractivity contribution in [1.82, 2.24) is 20.0 Å². The number of thiocarbonyl (C=S) groups is 1. The van der Waals surface area contributed by atoms with Crippen LogP contribution in [0, 0.1) is 13.8 Å². The van der Waals surface area contributed by atoms with Crippen molar-refractivity contribution in [1.29, 1.82) is 0 Å². The molecular formula is C14H24N4O2S2. The maximum absolute atomic E-state index is 11.7. The Hall–Kier alpha value is -1.15. The molecule has 0 saturated carbocycles. The second-order valence-electron chi connectivity index (χ2n) is 5.84. The van der Waals surface area contributed by atoms with Crippen molar-refractivity contribution >= 4 is 27.2 Å². The van der Waals surface area contributed by atoms with Gasteiger partial charge in [-0.3, -0.25) is 4.68 Å². The van der Waals surface area contributed by atoms with Gasteiger partial charge in [0.1, 0.15) is 0 Å². The van der Waals surface area contributed by atoms with Gasteiger partial charge in [0, 0.05) is 31.4 Å². The zero-order valence-corrected chi connectivity index (χ0v) is 15.2. The summed E-state index contributed by atoms with van der Waals surface area (Å²) in [5, 5.41) is 8.41. The molecule has 1 atom stereocenters. The Bertz CT molecular complexity index is 667. The lowest BCUT2D eigenvalue weighted by Gasteiger charge is -2.21. The van der Waals surface area contributed by atoms with E-state index in [4.69, 9.17) is 12.2 Å². The molecule has 0 amide bonds. The Morgan fingerprint density at radius 3 is 2.73 bits per heavy atom. The molecule has 0 bridgehead atoms. The molecule has 124 valence electrons. The van der Waals surface area contributed by atoms with Gasteiger partial charge in [-0.25, -0.2) is 8.42 Å². The summed E-state index contributed by atoms with van der Waals surface area (Å²) in [5.41, 5.74) is 3.09. The number of sulfone groups is 1. The molecule has 1 aromatic rings. The van der Waals surface area contributed by atoms with Gasteiger partial charge < -0.3 is 10.2 Å². The zero-order chi connectivity index (χ0) is 16.5. The van der Waals surface area contributed by atoms with E-state index >= 15 is 0 Å². The van der Waals surface area contributed by atoms with Crippen molar-refractivity contribution in [3.05, 3.63) is 17.0 Å². The predicted molar refractivity (Wildman–Crippen MR) is 91.8 cm³/mol. The van der Waals surface area contributed by atoms with Crippen molar-refractivity contribution in [2.45, 2.75) is 39.8 Å². The van der Waals surface area contributed by atoms with Gasteiger partial charge in [-0.05, 0) is 39.4 Å². The van der Waals surface area contributed by atoms with Gasteiger partial charge in [-0.1, -0.05) is 0 Å². The minimum absolute atomic E-state index is 0.0384. The Morgan fingerprint density at radius 1 is 1.50 bits per heavy atom. The van der Waals surface area contributed by atoms with Crippen molar-refractivity contribution in [2.24, 2.45) is 0 Å². The molecule has 1 fully saturated rings. The third-order valence-electron chi connectivity index (χ3n) is 4.10. The molecule has 1 N–H and O–H groups in total. The molecule has 8 heteroatoms. The summed E-state index contributed by atoms with van der Waals surface area (Å²) in [6.07, 6.45) is 0.648. The van der Waals surface area contributed by atoms with Crippen molar-refractivity contribution in [3.8, 4) is 0 Å². The maximum Gasteiger partial charge on any atom is 0.168 e. The first-order valence-corrected chi connectivity index (χ1v) is 9.72. The third-order valence-corrected chi connectivity index (χ3v) is 6.31. The second kappa shape index (κ2) is 6.54. The van der Waals surface area contributed by atoms with E-state index < -0.39 is 9.84 Å². The molecule has 0 aliphatic carbocycles. The van der Waals surface area contributed by atoms with Crippen LogP contribution in [0.4, 0.5) is 0 Å². The van der Waals surface area contributed by atoms with Gasteiger partial charge in [0.15, 0.2) is 14.9 Å². The van der Waals surface area contributed by atoms with E-state index in [1.807, 2.05) is 37.4 Å². The highest BCUT2D eigenvalue weighted by Gasteiger charge is 2.31. The number of nitrogens with one attached hydrogen (secondary N) is 1. The standard InChI is InChI=1S/C14H24N4O2S2/c1-5-15-14(21)17(4)8-13-10(2)16-18(11(13)3)12-6-7-22(19,20)9-12/h12H,5-9H2,1-4H3,(H,15,21)/t12-/m1/s1. The molecule has 1 aliphatic rings. The first-order chi connectivity index (χ1) is 10.2. The summed E-state index contributed by atoms with van der Waals surface area (Å²) in [6.45, 7) is 7.44. The lowest BCUT2D eigenvalue weighted by atomic mass is 10.2. The summed E-state index contributed by atoms with van der Waals surface area (Å²) in [4.78, 5) is 1.98. The number of nitrogens with zero attached hydrogens (tertiary/aromatic N) is 3. The Kier molecular flexibility index (Phi) is 5.11. The van der Waals surface area contributed by atoms with E-state index in [-0.39, 0.29) is 17.5 Å². The Balaban J connectivity index is 2.19. The fraction of sp³-hybridized carbons (Fsp3) is 0.714. The lowest BCUT2D eigenvalue weighted by molar-refractivity contribution is 0.475. The van der Waals surface area contributed by atoms with Gasteiger partial charge in [-0.15, -0.1) is 0 Å². The topological polar surface area (TPSA) is 67.2 Å². The molecule has 0 radical (unpaired) electrons. The van der Waals surface area contributed by atoms with Crippen LogP contribution in [-0.2, 0) is 16.4 Å². The summed E-state index contributed by atoms with van der Waals surface area (Å²) < 4.78 is 25.3. The molecule has 0 aromatic carbocycles. The average molecular weight is 345 g/mol. The number of hydrogen-bond donors (Lipinski definition) is 1. The molecule has 22 heavy (non-hydrogen) atoms. The highest BCUT2D eigenvalue weighted by molar-refractivity contribution is 7.91. The molecule has 2 heterocycles. The predicted octanol–water partition coefficient (Wildman–Crippen LogP) is 1.19. The quantitative estimate of drug-likeness (QED) is 0.828. The van der Waals surface area contributed by atoms with E-state index in [0.29, 0.717) is 18.1 Å². The van der Waals surface area contributed by atoms with Crippen LogP contribution in [0.1, 0.15) is 36.3 Å². The van der Waals surface area contributed by atoms with Crippen LogP contribution in [-0.4, -0.2) is 53.3 Å². The van der Waals surface area contributed by atoms with Crippen LogP contribution in [0.15, 0.2) is 0 Å². The average Bonchev–Trinajstić information content (AvgIpc) is 2.92. The fourth-order valence-electron chi connectivity index (χ4n) is 2.84. The number of rotatable bonds is 4. The van der Waals surface area contributed by atoms with E-state index in [1.165, 1.54) is 0 Å². The van der Waals surface area contributed by atoms with Crippen LogP contribution in [0.5, 0.6) is 0 Å². The lowest BCUT2D eigenvalue weighted by Crippen LogP contribution is -2.36. The van der Waals surface area contributed by atoms with Crippen LogP contribution < -0.4 is 5.32 Å². The van der Waals surface area contributed by atoms with Crippen molar-refractivity contribution < 1.29 is 8.42 Å². The molecule has 6 nitrogen and oxygen atoms in total. The first kappa shape index (κ1) is 17.2. The highest BCUT2D eigenvalue weighted by Crippen LogP contribution is 2.27. The third kappa shape index (κ3) is 3.60. The van der Waals surface area contributed by atoms with Crippen LogP contribution >= 0.6 is 12.2 Å². The normalized spacial score (nSPS) is 20.1. The van der Waals surface area contributed by atoms with E-state index in [1.54, 1.807) is 0 Å². The molecular weight excluding hydrogens is 320 g/mol. The monoisotopic (exact) mass is 344 g/mol. The molecule has 1 aliphatic heterocycles. The number of aryl methyl sites for hydroxylation is 1. The SMILES string of the molecule is CCNC(=S)N(C)Cc1c(C)nn([C@@H]2CCS(=O)(=O)C2)c1C. The van der Waals surface area contributed by atoms with Gasteiger partial charge in [-0.2, -0.15) is 5.10 Å². The Labute approximate surface area is 137 Å². The van der Waals surface area contributed by atoms with E-state index in [0.717, 1.165) is 23.5 Å². The minimum atomic E-state index is -2.91. The summed E-state index contributed by atoms with van der Waals surface area (Å²) in [6, 6.07) is -0.0384. The van der Waals surface area contributed by atoms with Crippen molar-refractivity contribution in [2.75, 3.05) is 25.1 Å². The second-order valence-corrected chi connectivity index (χ2v) is 8.46. The highest BCUT2D eigenvalue weighted by atomic mass is 32.2. The van der Waals surface area contributed by atoms with Gasteiger partial charge >= 0.3 is 0 Å². The number of hydrogen-bond acceptors (Lipinski definition) is 4. The number of aromatic nitrogens is 2. The summed E-state index contributed by atoms with van der Waals surface area (Å²) in [5.74, 6) is 0.454. The van der Waals surface area contributed by atoms with Crippen LogP contribution in [0.2, 0.25) is 0 Å². The first-order valence-electron chi connectivity index (χ1n) is 7.49. The Morgan fingerprint density at radius 2 is 2.18 bits per heavy atom. The smallest absolute Gasteiger partial charge is 0.168 e. The maximum atomic E-state index is 11.7. The zero-order valence-electron chi connectivity index (χ0n) is 13.6. The van der Waals surface area contributed by atoms with Crippen molar-refractivity contribution in [3.63, 3.8) is 0 Å². The fourth-order valence-corrected chi connectivity index (χ4v) is 4.75. The summed E-state index contributed by atoms with van der Waals surface area (Å²) >= 11 is 5.31. The van der Waals surface area contributed by atoms with E-state index in [2.05, 4.69) is 10.4 Å². The molecule has 1 saturated heterocycles. The molecule has 1 aromatic heterocycles. The van der Waals surface area contributed by atoms with Gasteiger partial charge in [0.05, 0.1) is 23.2 Å². The minimum Gasteiger partial charge on any atom is -0.363 e. The molecule has 0 spiro atoms. The van der Waals surface area contributed by atoms with Crippen LogP contribution in [0.25, 0.3) is 0 Å². The molecule has 2 rings (SSSR count). The van der Waals surface area contributed by atoms with Gasteiger partial charge in [0.25, 0.3) is 0 Å². The summed E-state index contributed by atoms with van der Waals surface area (Å²) in [7, 11) is -0.964.